The number of hydrogen-bond acceptors (Lipinski definition) is 3. The van der Waals surface area contributed by atoms with Gasteiger partial charge in [0.1, 0.15) is 10.8 Å². The number of carbonyl (C=O) groups excluding carboxylic acids is 1. The number of hydrogen-bond donors (Lipinski definition) is 1. The largest absolute Gasteiger partial charge is 0.397 e. The summed E-state index contributed by atoms with van der Waals surface area (Å²) in [6.45, 7) is 0. The van der Waals surface area contributed by atoms with E-state index in [4.69, 9.17) is 28.9 Å². The van der Waals surface area contributed by atoms with E-state index in [1.165, 1.54) is 6.07 Å². The van der Waals surface area contributed by atoms with Crippen molar-refractivity contribution in [1.82, 2.24) is 4.98 Å². The van der Waals surface area contributed by atoms with Crippen LogP contribution in [0.15, 0.2) is 36.4 Å². The molecule has 0 atom stereocenters. The number of aromatic nitrogens is 1. The molecule has 0 fully saturated rings. The summed E-state index contributed by atoms with van der Waals surface area (Å²) in [6, 6.07) is 9.60. The molecule has 1 aromatic carbocycles. The summed E-state index contributed by atoms with van der Waals surface area (Å²) >= 11 is 11.5. The highest BCUT2D eigenvalue weighted by Gasteiger charge is 2.14. The molecule has 0 aliphatic rings. The third kappa shape index (κ3) is 2.57. The first-order valence-electron chi connectivity index (χ1n) is 4.80. The molecule has 0 saturated carbocycles. The molecule has 0 amide bonds. The van der Waals surface area contributed by atoms with Gasteiger partial charge in [-0.2, -0.15) is 0 Å². The maximum atomic E-state index is 12.1. The topological polar surface area (TPSA) is 56.0 Å². The lowest BCUT2D eigenvalue weighted by Crippen LogP contribution is -2.08. The summed E-state index contributed by atoms with van der Waals surface area (Å²) in [5, 5.41) is 0.796. The smallest absolute Gasteiger partial charge is 0.213 e. The van der Waals surface area contributed by atoms with Gasteiger partial charge in [0.05, 0.1) is 5.69 Å². The molecule has 5 heteroatoms. The summed E-state index contributed by atoms with van der Waals surface area (Å²) in [6.07, 6.45) is 0. The molecule has 0 unspecified atom stereocenters. The maximum absolute atomic E-state index is 12.1. The molecule has 3 nitrogen and oxygen atoms in total. The van der Waals surface area contributed by atoms with E-state index in [-0.39, 0.29) is 16.6 Å². The number of rotatable bonds is 2. The molecule has 2 N–H and O–H groups in total. The molecule has 2 rings (SSSR count). The van der Waals surface area contributed by atoms with Crippen molar-refractivity contribution in [3.8, 4) is 0 Å². The average Bonchev–Trinajstić information content (AvgIpc) is 2.32. The second-order valence-corrected chi connectivity index (χ2v) is 4.23. The number of pyridine rings is 1. The lowest BCUT2D eigenvalue weighted by atomic mass is 10.1. The van der Waals surface area contributed by atoms with Crippen molar-refractivity contribution < 1.29 is 4.79 Å². The highest BCUT2D eigenvalue weighted by atomic mass is 35.5. The Morgan fingerprint density at radius 1 is 1.06 bits per heavy atom. The zero-order chi connectivity index (χ0) is 12.4. The van der Waals surface area contributed by atoms with Crippen LogP contribution in [-0.4, -0.2) is 10.8 Å². The predicted octanol–water partition coefficient (Wildman–Crippen LogP) is 3.20. The van der Waals surface area contributed by atoms with Gasteiger partial charge in [-0.05, 0) is 36.4 Å². The van der Waals surface area contributed by atoms with Gasteiger partial charge in [-0.15, -0.1) is 0 Å². The zero-order valence-corrected chi connectivity index (χ0v) is 10.2. The minimum Gasteiger partial charge on any atom is -0.397 e. The lowest BCUT2D eigenvalue weighted by Gasteiger charge is -2.04. The van der Waals surface area contributed by atoms with E-state index >= 15 is 0 Å². The van der Waals surface area contributed by atoms with Crippen LogP contribution in [0.2, 0.25) is 10.2 Å². The average molecular weight is 267 g/mol. The van der Waals surface area contributed by atoms with Gasteiger partial charge < -0.3 is 5.73 Å². The number of nitrogen functional groups attached to an aromatic ring is 1. The van der Waals surface area contributed by atoms with Crippen molar-refractivity contribution >= 4 is 34.7 Å². The van der Waals surface area contributed by atoms with Gasteiger partial charge in [0.2, 0.25) is 5.78 Å². The molecule has 2 aromatic rings. The summed E-state index contributed by atoms with van der Waals surface area (Å²) in [5.74, 6) is -0.276. The number of benzene rings is 1. The summed E-state index contributed by atoms with van der Waals surface area (Å²) in [5.41, 5.74) is 6.61. The molecule has 0 saturated heterocycles. The van der Waals surface area contributed by atoms with Gasteiger partial charge in [0.25, 0.3) is 0 Å². The van der Waals surface area contributed by atoms with Gasteiger partial charge in [0, 0.05) is 10.6 Å². The number of carbonyl (C=O) groups is 1. The molecule has 0 aliphatic heterocycles. The Labute approximate surface area is 108 Å². The van der Waals surface area contributed by atoms with Crippen LogP contribution >= 0.6 is 23.2 Å². The van der Waals surface area contributed by atoms with Crippen LogP contribution in [0.25, 0.3) is 0 Å². The van der Waals surface area contributed by atoms with Crippen LogP contribution in [0.5, 0.6) is 0 Å². The molecule has 1 heterocycles. The van der Waals surface area contributed by atoms with E-state index < -0.39 is 0 Å². The molecule has 86 valence electrons. The Bertz CT molecular complexity index is 567. The first-order chi connectivity index (χ1) is 8.08. The monoisotopic (exact) mass is 266 g/mol. The minimum absolute atomic E-state index is 0.153. The standard InChI is InChI=1S/C12H8Cl2N2O/c13-8-3-1-7(2-4-8)12(17)11-9(15)5-6-10(14)16-11/h1-6H,15H2. The fourth-order valence-electron chi connectivity index (χ4n) is 1.37. The van der Waals surface area contributed by atoms with Crippen molar-refractivity contribution in [3.63, 3.8) is 0 Å². The highest BCUT2D eigenvalue weighted by Crippen LogP contribution is 2.18. The van der Waals surface area contributed by atoms with Crippen LogP contribution in [0.1, 0.15) is 16.1 Å². The van der Waals surface area contributed by atoms with Crippen LogP contribution in [-0.2, 0) is 0 Å². The van der Waals surface area contributed by atoms with Gasteiger partial charge >= 0.3 is 0 Å². The molecular weight excluding hydrogens is 259 g/mol. The normalized spacial score (nSPS) is 10.2. The highest BCUT2D eigenvalue weighted by molar-refractivity contribution is 6.31. The predicted molar refractivity (Wildman–Crippen MR) is 68.5 cm³/mol. The fraction of sp³-hybridized carbons (Fsp3) is 0. The molecule has 0 spiro atoms. The Hall–Kier alpha value is -1.58. The quantitative estimate of drug-likeness (QED) is 0.671. The zero-order valence-electron chi connectivity index (χ0n) is 8.65. The van der Waals surface area contributed by atoms with Crippen molar-refractivity contribution in [2.45, 2.75) is 0 Å². The third-order valence-corrected chi connectivity index (χ3v) is 2.68. The third-order valence-electron chi connectivity index (χ3n) is 2.21. The number of nitrogens with two attached hydrogens (primary N) is 1. The van der Waals surface area contributed by atoms with Crippen LogP contribution in [0.3, 0.4) is 0 Å². The fourth-order valence-corrected chi connectivity index (χ4v) is 1.64. The van der Waals surface area contributed by atoms with E-state index in [9.17, 15) is 4.79 Å². The molecule has 0 bridgehead atoms. The molecule has 1 aromatic heterocycles. The van der Waals surface area contributed by atoms with Gasteiger partial charge in [-0.3, -0.25) is 4.79 Å². The second-order valence-electron chi connectivity index (χ2n) is 3.41. The molecule has 0 radical (unpaired) electrons. The molecular formula is C12H8Cl2N2O. The summed E-state index contributed by atoms with van der Waals surface area (Å²) in [7, 11) is 0. The Morgan fingerprint density at radius 3 is 2.35 bits per heavy atom. The van der Waals surface area contributed by atoms with Crippen molar-refractivity contribution in [2.75, 3.05) is 5.73 Å². The van der Waals surface area contributed by atoms with Gasteiger partial charge in [-0.1, -0.05) is 23.2 Å². The molecule has 17 heavy (non-hydrogen) atoms. The first kappa shape index (κ1) is 11.9. The summed E-state index contributed by atoms with van der Waals surface area (Å²) < 4.78 is 0. The Kier molecular flexibility index (Phi) is 3.31. The number of nitrogens with zero attached hydrogens (tertiary/aromatic N) is 1. The van der Waals surface area contributed by atoms with E-state index in [1.54, 1.807) is 30.3 Å². The first-order valence-corrected chi connectivity index (χ1v) is 5.56. The van der Waals surface area contributed by atoms with Gasteiger partial charge in [-0.25, -0.2) is 4.98 Å². The van der Waals surface area contributed by atoms with E-state index in [1.807, 2.05) is 0 Å². The Balaban J connectivity index is 2.43. The van der Waals surface area contributed by atoms with Gasteiger partial charge in [0.15, 0.2) is 0 Å². The molecule has 0 aliphatic carbocycles. The van der Waals surface area contributed by atoms with E-state index in [0.29, 0.717) is 16.3 Å². The SMILES string of the molecule is Nc1ccc(Cl)nc1C(=O)c1ccc(Cl)cc1. The maximum Gasteiger partial charge on any atom is 0.213 e. The van der Waals surface area contributed by atoms with Crippen LogP contribution < -0.4 is 5.73 Å². The summed E-state index contributed by atoms with van der Waals surface area (Å²) in [4.78, 5) is 16.0. The van der Waals surface area contributed by atoms with Crippen molar-refractivity contribution in [3.05, 3.63) is 57.8 Å². The van der Waals surface area contributed by atoms with Crippen LogP contribution in [0.4, 0.5) is 5.69 Å². The van der Waals surface area contributed by atoms with E-state index in [0.717, 1.165) is 0 Å². The number of halogens is 2. The number of anilines is 1. The van der Waals surface area contributed by atoms with Crippen molar-refractivity contribution in [2.24, 2.45) is 0 Å². The van der Waals surface area contributed by atoms with Crippen LogP contribution in [0, 0.1) is 0 Å². The Morgan fingerprint density at radius 2 is 1.71 bits per heavy atom. The van der Waals surface area contributed by atoms with Crippen molar-refractivity contribution in [1.29, 1.82) is 0 Å². The number of ketones is 1. The minimum atomic E-state index is -0.276. The van der Waals surface area contributed by atoms with E-state index in [2.05, 4.69) is 4.98 Å². The second kappa shape index (κ2) is 4.73. The lowest BCUT2D eigenvalue weighted by molar-refractivity contribution is 0.103.